The van der Waals surface area contributed by atoms with Gasteiger partial charge in [-0.25, -0.2) is 8.42 Å². The third-order valence-corrected chi connectivity index (χ3v) is 10.8. The summed E-state index contributed by atoms with van der Waals surface area (Å²) in [4.78, 5) is 30.4. The van der Waals surface area contributed by atoms with Gasteiger partial charge < -0.3 is 24.4 Å². The van der Waals surface area contributed by atoms with Crippen LogP contribution in [0.4, 0.5) is 5.69 Å². The SMILES string of the molecule is COc1cccc(CN(C(=O)CN(c2ccc(C)cc2)S(=O)(=O)c2ccc(OC)c(OC)c2)[C@H](Cc2ccccc2)C(=O)NC2CCCC2)c1. The van der Waals surface area contributed by atoms with E-state index in [1.54, 1.807) is 37.4 Å². The maximum absolute atomic E-state index is 14.8. The number of sulfonamides is 1. The van der Waals surface area contributed by atoms with E-state index in [-0.39, 0.29) is 35.6 Å². The number of carbonyl (C=O) groups is 2. The molecule has 0 heterocycles. The van der Waals surface area contributed by atoms with Crippen molar-refractivity contribution in [1.82, 2.24) is 10.2 Å². The molecule has 4 aromatic carbocycles. The monoisotopic (exact) mass is 699 g/mol. The Morgan fingerprint density at radius 3 is 2.14 bits per heavy atom. The fourth-order valence-electron chi connectivity index (χ4n) is 6.23. The lowest BCUT2D eigenvalue weighted by molar-refractivity contribution is -0.140. The van der Waals surface area contributed by atoms with Crippen LogP contribution in [0.1, 0.15) is 42.4 Å². The smallest absolute Gasteiger partial charge is 0.264 e. The number of methoxy groups -OCH3 is 3. The highest BCUT2D eigenvalue weighted by atomic mass is 32.2. The number of nitrogens with one attached hydrogen (secondary N) is 1. The molecule has 2 amide bonds. The van der Waals surface area contributed by atoms with Gasteiger partial charge in [-0.3, -0.25) is 13.9 Å². The lowest BCUT2D eigenvalue weighted by Crippen LogP contribution is -2.54. The molecule has 0 saturated heterocycles. The van der Waals surface area contributed by atoms with Crippen molar-refractivity contribution < 1.29 is 32.2 Å². The Balaban J connectivity index is 1.59. The van der Waals surface area contributed by atoms with Crippen LogP contribution in [-0.4, -0.2) is 65.1 Å². The van der Waals surface area contributed by atoms with E-state index in [1.807, 2.05) is 55.5 Å². The van der Waals surface area contributed by atoms with Crippen LogP contribution in [0.15, 0.2) is 102 Å². The molecule has 0 bridgehead atoms. The summed E-state index contributed by atoms with van der Waals surface area (Å²) in [7, 11) is 0.126. The van der Waals surface area contributed by atoms with Gasteiger partial charge in [0.15, 0.2) is 11.5 Å². The number of rotatable bonds is 15. The van der Waals surface area contributed by atoms with Crippen molar-refractivity contribution in [2.75, 3.05) is 32.2 Å². The molecule has 50 heavy (non-hydrogen) atoms. The zero-order valence-electron chi connectivity index (χ0n) is 29.0. The largest absolute Gasteiger partial charge is 0.497 e. The molecule has 1 aliphatic carbocycles. The van der Waals surface area contributed by atoms with Gasteiger partial charge in [0.1, 0.15) is 18.3 Å². The van der Waals surface area contributed by atoms with Gasteiger partial charge >= 0.3 is 0 Å². The predicted molar refractivity (Wildman–Crippen MR) is 193 cm³/mol. The maximum Gasteiger partial charge on any atom is 0.264 e. The molecule has 10 nitrogen and oxygen atoms in total. The fraction of sp³-hybridized carbons (Fsp3) is 0.333. The highest BCUT2D eigenvalue weighted by Gasteiger charge is 2.36. The lowest BCUT2D eigenvalue weighted by Gasteiger charge is -2.34. The summed E-state index contributed by atoms with van der Waals surface area (Å²) in [6.07, 6.45) is 4.04. The second kappa shape index (κ2) is 16.6. The first-order valence-electron chi connectivity index (χ1n) is 16.7. The lowest BCUT2D eigenvalue weighted by atomic mass is 10.0. The summed E-state index contributed by atoms with van der Waals surface area (Å²) in [6, 6.07) is 27.1. The van der Waals surface area contributed by atoms with Crippen molar-refractivity contribution in [3.63, 3.8) is 0 Å². The molecule has 1 aliphatic rings. The number of nitrogens with zero attached hydrogens (tertiary/aromatic N) is 2. The Labute approximate surface area is 295 Å². The topological polar surface area (TPSA) is 114 Å². The first-order valence-corrected chi connectivity index (χ1v) is 18.1. The van der Waals surface area contributed by atoms with Crippen LogP contribution >= 0.6 is 0 Å². The number of aryl methyl sites for hydroxylation is 1. The highest BCUT2D eigenvalue weighted by molar-refractivity contribution is 7.92. The van der Waals surface area contributed by atoms with Crippen molar-refractivity contribution in [1.29, 1.82) is 0 Å². The number of hydrogen-bond donors (Lipinski definition) is 1. The minimum Gasteiger partial charge on any atom is -0.497 e. The summed E-state index contributed by atoms with van der Waals surface area (Å²) >= 11 is 0. The van der Waals surface area contributed by atoms with E-state index in [9.17, 15) is 18.0 Å². The zero-order valence-corrected chi connectivity index (χ0v) is 29.8. The van der Waals surface area contributed by atoms with E-state index in [2.05, 4.69) is 5.32 Å². The number of benzene rings is 4. The molecular weight excluding hydrogens is 655 g/mol. The second-order valence-corrected chi connectivity index (χ2v) is 14.3. The Kier molecular flexibility index (Phi) is 12.0. The molecule has 264 valence electrons. The van der Waals surface area contributed by atoms with Gasteiger partial charge in [-0.15, -0.1) is 0 Å². The number of amides is 2. The van der Waals surface area contributed by atoms with Crippen LogP contribution in [0.3, 0.4) is 0 Å². The molecular formula is C39H45N3O7S. The molecule has 1 saturated carbocycles. The molecule has 0 radical (unpaired) electrons. The van der Waals surface area contributed by atoms with E-state index in [4.69, 9.17) is 14.2 Å². The molecule has 11 heteroatoms. The Bertz CT molecular complexity index is 1860. The first kappa shape index (κ1) is 36.3. The van der Waals surface area contributed by atoms with Gasteiger partial charge in [-0.05, 0) is 67.3 Å². The summed E-state index contributed by atoms with van der Waals surface area (Å²) < 4.78 is 46.2. The van der Waals surface area contributed by atoms with Crippen molar-refractivity contribution in [3.05, 3.63) is 114 Å². The summed E-state index contributed by atoms with van der Waals surface area (Å²) in [5.74, 6) is 0.379. The quantitative estimate of drug-likeness (QED) is 0.164. The fourth-order valence-corrected chi connectivity index (χ4v) is 7.66. The number of carbonyl (C=O) groups excluding carboxylic acids is 2. The molecule has 4 aromatic rings. The number of hydrogen-bond acceptors (Lipinski definition) is 7. The van der Waals surface area contributed by atoms with Crippen LogP contribution < -0.4 is 23.8 Å². The van der Waals surface area contributed by atoms with Gasteiger partial charge in [-0.1, -0.05) is 73.0 Å². The predicted octanol–water partition coefficient (Wildman–Crippen LogP) is 5.92. The first-order chi connectivity index (χ1) is 24.1. The number of anilines is 1. The van der Waals surface area contributed by atoms with Gasteiger partial charge in [0.25, 0.3) is 10.0 Å². The Morgan fingerprint density at radius 1 is 0.800 bits per heavy atom. The number of ether oxygens (including phenoxy) is 3. The maximum atomic E-state index is 14.8. The highest BCUT2D eigenvalue weighted by Crippen LogP contribution is 2.33. The van der Waals surface area contributed by atoms with E-state index in [1.165, 1.54) is 37.3 Å². The standard InChI is InChI=1S/C39H45N3O7S/c1-28-17-19-32(20-18-28)42(50(45,46)34-21-22-36(48-3)37(25-34)49-4)27-38(43)41(26-30-13-10-16-33(23-30)47-2)35(24-29-11-6-5-7-12-29)39(44)40-31-14-8-9-15-31/h5-7,10-13,16-23,25,31,35H,8-9,14-15,24,26-27H2,1-4H3,(H,40,44)/t35-/m1/s1. The van der Waals surface area contributed by atoms with Gasteiger partial charge in [0.2, 0.25) is 11.8 Å². The summed E-state index contributed by atoms with van der Waals surface area (Å²) in [5.41, 5.74) is 2.83. The molecule has 1 atom stereocenters. The van der Waals surface area contributed by atoms with E-state index >= 15 is 0 Å². The molecule has 0 aliphatic heterocycles. The van der Waals surface area contributed by atoms with Crippen LogP contribution in [0.5, 0.6) is 17.2 Å². The Morgan fingerprint density at radius 2 is 1.48 bits per heavy atom. The van der Waals surface area contributed by atoms with Crippen molar-refractivity contribution >= 4 is 27.5 Å². The van der Waals surface area contributed by atoms with Crippen LogP contribution in [-0.2, 0) is 32.6 Å². The van der Waals surface area contributed by atoms with E-state index in [0.29, 0.717) is 17.2 Å². The zero-order chi connectivity index (χ0) is 35.7. The molecule has 0 aromatic heterocycles. The van der Waals surface area contributed by atoms with Gasteiger partial charge in [-0.2, -0.15) is 0 Å². The molecule has 0 unspecified atom stereocenters. The van der Waals surface area contributed by atoms with E-state index < -0.39 is 28.5 Å². The average molecular weight is 700 g/mol. The van der Waals surface area contributed by atoms with Crippen LogP contribution in [0.2, 0.25) is 0 Å². The van der Waals surface area contributed by atoms with Crippen molar-refractivity contribution in [3.8, 4) is 17.2 Å². The summed E-state index contributed by atoms with van der Waals surface area (Å²) in [5, 5.41) is 3.20. The Hall–Kier alpha value is -5.03. The third-order valence-electron chi connectivity index (χ3n) is 9.00. The van der Waals surface area contributed by atoms with Gasteiger partial charge in [0, 0.05) is 25.1 Å². The van der Waals surface area contributed by atoms with Crippen LogP contribution in [0, 0.1) is 6.92 Å². The molecule has 0 spiro atoms. The molecule has 1 fully saturated rings. The molecule has 1 N–H and O–H groups in total. The van der Waals surface area contributed by atoms with Crippen molar-refractivity contribution in [2.24, 2.45) is 0 Å². The normalized spacial score (nSPS) is 13.7. The van der Waals surface area contributed by atoms with Crippen molar-refractivity contribution in [2.45, 2.75) is 62.6 Å². The molecule has 5 rings (SSSR count). The second-order valence-electron chi connectivity index (χ2n) is 12.4. The minimum absolute atomic E-state index is 0.0176. The summed E-state index contributed by atoms with van der Waals surface area (Å²) in [6.45, 7) is 1.38. The van der Waals surface area contributed by atoms with E-state index in [0.717, 1.165) is 46.7 Å². The van der Waals surface area contributed by atoms with Crippen LogP contribution in [0.25, 0.3) is 0 Å². The average Bonchev–Trinajstić information content (AvgIpc) is 3.65. The third kappa shape index (κ3) is 8.76. The van der Waals surface area contributed by atoms with Gasteiger partial charge in [0.05, 0.1) is 31.9 Å². The minimum atomic E-state index is -4.33.